The number of rotatable bonds is 3. The molecule has 0 unspecified atom stereocenters. The van der Waals surface area contributed by atoms with E-state index in [1.807, 2.05) is 13.8 Å². The van der Waals surface area contributed by atoms with E-state index in [9.17, 15) is 22.0 Å². The molecule has 2 rings (SSSR count). The van der Waals surface area contributed by atoms with Crippen molar-refractivity contribution in [2.45, 2.75) is 24.8 Å². The van der Waals surface area contributed by atoms with Crippen LogP contribution in [0.1, 0.15) is 13.8 Å². The quantitative estimate of drug-likeness (QED) is 0.898. The van der Waals surface area contributed by atoms with E-state index in [1.165, 1.54) is 4.90 Å². The Morgan fingerprint density at radius 3 is 2.35 bits per heavy atom. The minimum atomic E-state index is -4.13. The van der Waals surface area contributed by atoms with Crippen LogP contribution >= 0.6 is 0 Å². The standard InChI is InChI=1S/C14H19F2N3O3S/c1-10(2)17-14(20)18-5-7-19(8-6-18)23(21,22)13-9-11(15)3-4-12(13)16/h3-4,9-10H,5-8H2,1-2H3,(H,17,20). The molecule has 1 heterocycles. The second-order valence-corrected chi connectivity index (χ2v) is 7.48. The van der Waals surface area contributed by atoms with Gasteiger partial charge in [0.1, 0.15) is 16.5 Å². The van der Waals surface area contributed by atoms with Gasteiger partial charge in [-0.25, -0.2) is 22.0 Å². The second kappa shape index (κ2) is 6.79. The number of nitrogens with one attached hydrogen (secondary N) is 1. The highest BCUT2D eigenvalue weighted by atomic mass is 32.2. The number of piperazine rings is 1. The molecule has 0 radical (unpaired) electrons. The van der Waals surface area contributed by atoms with Crippen LogP contribution in [0, 0.1) is 11.6 Å². The summed E-state index contributed by atoms with van der Waals surface area (Å²) >= 11 is 0. The Morgan fingerprint density at radius 1 is 1.17 bits per heavy atom. The summed E-state index contributed by atoms with van der Waals surface area (Å²) < 4.78 is 52.8. The minimum Gasteiger partial charge on any atom is -0.336 e. The van der Waals surface area contributed by atoms with Crippen LogP contribution in [0.2, 0.25) is 0 Å². The number of benzene rings is 1. The van der Waals surface area contributed by atoms with Crippen LogP contribution in [0.3, 0.4) is 0 Å². The van der Waals surface area contributed by atoms with E-state index in [-0.39, 0.29) is 38.3 Å². The SMILES string of the molecule is CC(C)NC(=O)N1CCN(S(=O)(=O)c2cc(F)ccc2F)CC1. The molecule has 1 saturated heterocycles. The third-order valence-electron chi connectivity index (χ3n) is 3.45. The van der Waals surface area contributed by atoms with Gasteiger partial charge in [-0.05, 0) is 32.0 Å². The van der Waals surface area contributed by atoms with Crippen molar-refractivity contribution in [2.75, 3.05) is 26.2 Å². The molecule has 1 aromatic carbocycles. The molecular formula is C14H19F2N3O3S. The lowest BCUT2D eigenvalue weighted by Gasteiger charge is -2.34. The Bertz CT molecular complexity index is 687. The fourth-order valence-electron chi connectivity index (χ4n) is 2.28. The van der Waals surface area contributed by atoms with Gasteiger partial charge in [0.15, 0.2) is 0 Å². The summed E-state index contributed by atoms with van der Waals surface area (Å²) in [6, 6.07) is 2.03. The first kappa shape index (κ1) is 17.6. The molecule has 1 aliphatic heterocycles. The summed E-state index contributed by atoms with van der Waals surface area (Å²) in [4.78, 5) is 12.7. The highest BCUT2D eigenvalue weighted by Gasteiger charge is 2.32. The molecule has 128 valence electrons. The topological polar surface area (TPSA) is 69.7 Å². The molecule has 0 aliphatic carbocycles. The summed E-state index contributed by atoms with van der Waals surface area (Å²) in [5.74, 6) is -1.81. The lowest BCUT2D eigenvalue weighted by Crippen LogP contribution is -2.54. The number of hydrogen-bond donors (Lipinski definition) is 1. The van der Waals surface area contributed by atoms with Gasteiger partial charge in [-0.2, -0.15) is 4.31 Å². The first-order valence-electron chi connectivity index (χ1n) is 7.22. The first-order valence-corrected chi connectivity index (χ1v) is 8.66. The summed E-state index contributed by atoms with van der Waals surface area (Å²) in [6.45, 7) is 4.09. The molecule has 1 N–H and O–H groups in total. The average Bonchev–Trinajstić information content (AvgIpc) is 2.49. The fourth-order valence-corrected chi connectivity index (χ4v) is 3.78. The lowest BCUT2D eigenvalue weighted by atomic mass is 10.3. The molecule has 9 heteroatoms. The van der Waals surface area contributed by atoms with Crippen molar-refractivity contribution in [1.82, 2.24) is 14.5 Å². The number of sulfonamides is 1. The van der Waals surface area contributed by atoms with Crippen molar-refractivity contribution in [2.24, 2.45) is 0 Å². The average molecular weight is 347 g/mol. The van der Waals surface area contributed by atoms with Crippen molar-refractivity contribution in [3.63, 3.8) is 0 Å². The maximum Gasteiger partial charge on any atom is 0.317 e. The molecule has 0 bridgehead atoms. The van der Waals surface area contributed by atoms with Crippen LogP contribution in [-0.4, -0.2) is 55.9 Å². The molecule has 1 aromatic rings. The zero-order valence-electron chi connectivity index (χ0n) is 12.9. The van der Waals surface area contributed by atoms with Crippen LogP contribution in [0.4, 0.5) is 13.6 Å². The molecule has 1 fully saturated rings. The smallest absolute Gasteiger partial charge is 0.317 e. The molecule has 0 saturated carbocycles. The molecule has 23 heavy (non-hydrogen) atoms. The van der Waals surface area contributed by atoms with Crippen molar-refractivity contribution in [1.29, 1.82) is 0 Å². The Labute approximate surface area is 134 Å². The van der Waals surface area contributed by atoms with Crippen LogP contribution in [0.5, 0.6) is 0 Å². The summed E-state index contributed by atoms with van der Waals surface area (Å²) in [5, 5.41) is 2.72. The highest BCUT2D eigenvalue weighted by molar-refractivity contribution is 7.89. The van der Waals surface area contributed by atoms with Gasteiger partial charge in [-0.1, -0.05) is 0 Å². The van der Waals surface area contributed by atoms with E-state index in [0.29, 0.717) is 6.07 Å². The summed E-state index contributed by atoms with van der Waals surface area (Å²) in [7, 11) is -4.13. The van der Waals surface area contributed by atoms with Crippen LogP contribution in [0.15, 0.2) is 23.1 Å². The van der Waals surface area contributed by atoms with Crippen molar-refractivity contribution in [3.05, 3.63) is 29.8 Å². The fraction of sp³-hybridized carbons (Fsp3) is 0.500. The minimum absolute atomic E-state index is 0.0225. The van der Waals surface area contributed by atoms with E-state index in [1.54, 1.807) is 0 Å². The number of nitrogens with zero attached hydrogens (tertiary/aromatic N) is 2. The summed E-state index contributed by atoms with van der Waals surface area (Å²) in [6.07, 6.45) is 0. The molecule has 1 aliphatic rings. The molecule has 2 amide bonds. The monoisotopic (exact) mass is 347 g/mol. The van der Waals surface area contributed by atoms with Gasteiger partial charge in [0, 0.05) is 32.2 Å². The zero-order valence-corrected chi connectivity index (χ0v) is 13.7. The lowest BCUT2D eigenvalue weighted by molar-refractivity contribution is 0.170. The van der Waals surface area contributed by atoms with E-state index in [2.05, 4.69) is 5.32 Å². The number of halogens is 2. The van der Waals surface area contributed by atoms with Crippen molar-refractivity contribution >= 4 is 16.1 Å². The first-order chi connectivity index (χ1) is 10.7. The highest BCUT2D eigenvalue weighted by Crippen LogP contribution is 2.21. The number of amides is 2. The Hall–Kier alpha value is -1.74. The van der Waals surface area contributed by atoms with Crippen molar-refractivity contribution in [3.8, 4) is 0 Å². The third-order valence-corrected chi connectivity index (χ3v) is 5.36. The van der Waals surface area contributed by atoms with Gasteiger partial charge in [0.25, 0.3) is 0 Å². The third kappa shape index (κ3) is 3.97. The van der Waals surface area contributed by atoms with E-state index >= 15 is 0 Å². The number of urea groups is 1. The molecule has 0 atom stereocenters. The zero-order chi connectivity index (χ0) is 17.2. The largest absolute Gasteiger partial charge is 0.336 e. The number of carbonyl (C=O) groups excluding carboxylic acids is 1. The second-order valence-electron chi connectivity index (χ2n) is 5.57. The molecule has 0 spiro atoms. The molecular weight excluding hydrogens is 328 g/mol. The Balaban J connectivity index is 2.10. The number of hydrogen-bond acceptors (Lipinski definition) is 3. The Morgan fingerprint density at radius 2 is 1.78 bits per heavy atom. The molecule has 6 nitrogen and oxygen atoms in total. The van der Waals surface area contributed by atoms with Gasteiger partial charge in [-0.15, -0.1) is 0 Å². The van der Waals surface area contributed by atoms with Gasteiger partial charge in [-0.3, -0.25) is 0 Å². The van der Waals surface area contributed by atoms with E-state index in [4.69, 9.17) is 0 Å². The summed E-state index contributed by atoms with van der Waals surface area (Å²) in [5.41, 5.74) is 0. The maximum atomic E-state index is 13.7. The van der Waals surface area contributed by atoms with Crippen LogP contribution in [0.25, 0.3) is 0 Å². The number of carbonyl (C=O) groups is 1. The van der Waals surface area contributed by atoms with Crippen molar-refractivity contribution < 1.29 is 22.0 Å². The maximum absolute atomic E-state index is 13.7. The van der Waals surface area contributed by atoms with Gasteiger partial charge in [0.2, 0.25) is 10.0 Å². The predicted molar refractivity (Wildman–Crippen MR) is 80.4 cm³/mol. The molecule has 0 aromatic heterocycles. The normalized spacial score (nSPS) is 16.7. The van der Waals surface area contributed by atoms with Crippen LogP contribution in [-0.2, 0) is 10.0 Å². The van der Waals surface area contributed by atoms with Gasteiger partial charge in [0.05, 0.1) is 0 Å². The van der Waals surface area contributed by atoms with E-state index in [0.717, 1.165) is 16.4 Å². The van der Waals surface area contributed by atoms with Crippen LogP contribution < -0.4 is 5.32 Å². The van der Waals surface area contributed by atoms with E-state index < -0.39 is 26.6 Å². The van der Waals surface area contributed by atoms with Gasteiger partial charge >= 0.3 is 6.03 Å². The predicted octanol–water partition coefficient (Wildman–Crippen LogP) is 1.39. The Kier molecular flexibility index (Phi) is 5.20. The van der Waals surface area contributed by atoms with Gasteiger partial charge < -0.3 is 10.2 Å².